The second-order valence-electron chi connectivity index (χ2n) is 6.76. The van der Waals surface area contributed by atoms with Crippen LogP contribution < -0.4 is 5.32 Å². The Hall–Kier alpha value is -0.0800. The third-order valence-electron chi connectivity index (χ3n) is 5.13. The van der Waals surface area contributed by atoms with Crippen molar-refractivity contribution in [3.63, 3.8) is 0 Å². The maximum absolute atomic E-state index is 6.28. The molecule has 19 heavy (non-hydrogen) atoms. The molecule has 112 valence electrons. The molecule has 0 amide bonds. The molecule has 2 aliphatic rings. The van der Waals surface area contributed by atoms with Gasteiger partial charge in [0.05, 0.1) is 5.60 Å². The zero-order valence-electron chi connectivity index (χ0n) is 13.0. The fourth-order valence-corrected chi connectivity index (χ4v) is 4.05. The summed E-state index contributed by atoms with van der Waals surface area (Å²) in [4.78, 5) is 0. The number of nitrogens with one attached hydrogen (secondary N) is 1. The van der Waals surface area contributed by atoms with Crippen molar-refractivity contribution in [2.24, 2.45) is 5.92 Å². The van der Waals surface area contributed by atoms with E-state index in [1.165, 1.54) is 70.8 Å². The van der Waals surface area contributed by atoms with Crippen LogP contribution in [0.3, 0.4) is 0 Å². The summed E-state index contributed by atoms with van der Waals surface area (Å²) in [6.07, 6.45) is 13.3. The van der Waals surface area contributed by atoms with E-state index in [4.69, 9.17) is 4.74 Å². The summed E-state index contributed by atoms with van der Waals surface area (Å²) in [5.41, 5.74) is 0.228. The molecule has 1 aliphatic heterocycles. The zero-order chi connectivity index (χ0) is 13.6. The Balaban J connectivity index is 1.86. The predicted octanol–water partition coefficient (Wildman–Crippen LogP) is 4.28. The maximum atomic E-state index is 6.28. The van der Waals surface area contributed by atoms with Crippen LogP contribution >= 0.6 is 0 Å². The van der Waals surface area contributed by atoms with Crippen LogP contribution in [0, 0.1) is 5.92 Å². The maximum Gasteiger partial charge on any atom is 0.0697 e. The van der Waals surface area contributed by atoms with E-state index in [1.54, 1.807) is 0 Å². The number of rotatable bonds is 5. The van der Waals surface area contributed by atoms with Crippen LogP contribution in [-0.4, -0.2) is 24.8 Å². The van der Waals surface area contributed by atoms with Gasteiger partial charge in [0.1, 0.15) is 0 Å². The van der Waals surface area contributed by atoms with Crippen LogP contribution in [0.15, 0.2) is 0 Å². The van der Waals surface area contributed by atoms with Crippen molar-refractivity contribution in [2.75, 3.05) is 13.2 Å². The first kappa shape index (κ1) is 15.3. The molecule has 0 radical (unpaired) electrons. The highest BCUT2D eigenvalue weighted by Gasteiger charge is 2.38. The Morgan fingerprint density at radius 3 is 2.79 bits per heavy atom. The van der Waals surface area contributed by atoms with E-state index in [-0.39, 0.29) is 5.60 Å². The molecule has 0 bridgehead atoms. The van der Waals surface area contributed by atoms with Crippen LogP contribution in [0.1, 0.15) is 78.1 Å². The third kappa shape index (κ3) is 4.46. The first-order valence-corrected chi connectivity index (χ1v) is 8.65. The second-order valence-corrected chi connectivity index (χ2v) is 6.76. The normalized spacial score (nSPS) is 36.3. The van der Waals surface area contributed by atoms with Crippen molar-refractivity contribution in [2.45, 2.75) is 89.7 Å². The minimum atomic E-state index is 0.228. The van der Waals surface area contributed by atoms with Crippen molar-refractivity contribution in [3.8, 4) is 0 Å². The fraction of sp³-hybridized carbons (Fsp3) is 1.00. The highest BCUT2D eigenvalue weighted by atomic mass is 16.5. The molecule has 3 unspecified atom stereocenters. The standard InChI is InChI=1S/C17H33NO/c1-3-6-15-7-5-10-17(11-8-15)14-16(9-13-19-17)18-12-4-2/h15-16,18H,3-14H2,1-2H3. The van der Waals surface area contributed by atoms with Crippen LogP contribution in [0.5, 0.6) is 0 Å². The molecule has 2 rings (SSSR count). The highest BCUT2D eigenvalue weighted by Crippen LogP contribution is 2.40. The predicted molar refractivity (Wildman–Crippen MR) is 81.5 cm³/mol. The van der Waals surface area contributed by atoms with Gasteiger partial charge in [0.2, 0.25) is 0 Å². The smallest absolute Gasteiger partial charge is 0.0697 e. The zero-order valence-corrected chi connectivity index (χ0v) is 13.0. The van der Waals surface area contributed by atoms with Crippen molar-refractivity contribution < 1.29 is 4.74 Å². The summed E-state index contributed by atoms with van der Waals surface area (Å²) in [6.45, 7) is 6.71. The van der Waals surface area contributed by atoms with Gasteiger partial charge < -0.3 is 10.1 Å². The van der Waals surface area contributed by atoms with E-state index < -0.39 is 0 Å². The van der Waals surface area contributed by atoms with Crippen LogP contribution in [0.2, 0.25) is 0 Å². The summed E-state index contributed by atoms with van der Waals surface area (Å²) in [5.74, 6) is 0.969. The summed E-state index contributed by atoms with van der Waals surface area (Å²) in [6, 6.07) is 0.705. The lowest BCUT2D eigenvalue weighted by molar-refractivity contribution is -0.0977. The largest absolute Gasteiger partial charge is 0.375 e. The molecule has 0 aromatic heterocycles. The summed E-state index contributed by atoms with van der Waals surface area (Å²) in [7, 11) is 0. The van der Waals surface area contributed by atoms with Gasteiger partial charge in [0.25, 0.3) is 0 Å². The Morgan fingerprint density at radius 1 is 1.11 bits per heavy atom. The van der Waals surface area contributed by atoms with E-state index >= 15 is 0 Å². The van der Waals surface area contributed by atoms with Gasteiger partial charge in [-0.1, -0.05) is 39.5 Å². The van der Waals surface area contributed by atoms with Gasteiger partial charge in [-0.05, 0) is 51.0 Å². The van der Waals surface area contributed by atoms with Gasteiger partial charge >= 0.3 is 0 Å². The van der Waals surface area contributed by atoms with Gasteiger partial charge in [-0.25, -0.2) is 0 Å². The average Bonchev–Trinajstić information content (AvgIpc) is 2.61. The quantitative estimate of drug-likeness (QED) is 0.802. The number of ether oxygens (including phenoxy) is 1. The average molecular weight is 267 g/mol. The molecule has 3 atom stereocenters. The molecule has 0 aromatic rings. The Kier molecular flexibility index (Phi) is 6.15. The monoisotopic (exact) mass is 267 g/mol. The highest BCUT2D eigenvalue weighted by molar-refractivity contribution is 4.92. The fourth-order valence-electron chi connectivity index (χ4n) is 4.05. The van der Waals surface area contributed by atoms with Crippen molar-refractivity contribution in [3.05, 3.63) is 0 Å². The molecule has 2 nitrogen and oxygen atoms in total. The number of hydrogen-bond acceptors (Lipinski definition) is 2. The molecule has 1 saturated heterocycles. The Labute approximate surface area is 119 Å². The molecular weight excluding hydrogens is 234 g/mol. The minimum Gasteiger partial charge on any atom is -0.375 e. The van der Waals surface area contributed by atoms with E-state index in [2.05, 4.69) is 19.2 Å². The molecule has 2 heteroatoms. The lowest BCUT2D eigenvalue weighted by Crippen LogP contribution is -2.47. The van der Waals surface area contributed by atoms with E-state index in [0.717, 1.165) is 12.5 Å². The van der Waals surface area contributed by atoms with Crippen molar-refractivity contribution >= 4 is 0 Å². The van der Waals surface area contributed by atoms with Crippen molar-refractivity contribution in [1.82, 2.24) is 5.32 Å². The molecule has 2 fully saturated rings. The number of hydrogen-bond donors (Lipinski definition) is 1. The van der Waals surface area contributed by atoms with Crippen LogP contribution in [-0.2, 0) is 4.74 Å². The summed E-state index contributed by atoms with van der Waals surface area (Å²) < 4.78 is 6.28. The Morgan fingerprint density at radius 2 is 2.00 bits per heavy atom. The molecule has 1 N–H and O–H groups in total. The third-order valence-corrected chi connectivity index (χ3v) is 5.13. The molecule has 1 heterocycles. The summed E-state index contributed by atoms with van der Waals surface area (Å²) >= 11 is 0. The molecule has 1 spiro atoms. The van der Waals surface area contributed by atoms with Gasteiger partial charge in [-0.2, -0.15) is 0 Å². The second kappa shape index (κ2) is 7.64. The Bertz CT molecular complexity index is 256. The van der Waals surface area contributed by atoms with Gasteiger partial charge in [0, 0.05) is 12.6 Å². The molecule has 0 aromatic carbocycles. The first-order chi connectivity index (χ1) is 9.28. The SMILES string of the molecule is CCCNC1CCOC2(CCCC(CCC)CC2)C1. The minimum absolute atomic E-state index is 0.228. The molecule has 1 aliphatic carbocycles. The van der Waals surface area contributed by atoms with Crippen molar-refractivity contribution in [1.29, 1.82) is 0 Å². The molecular formula is C17H33NO. The van der Waals surface area contributed by atoms with Crippen LogP contribution in [0.4, 0.5) is 0 Å². The van der Waals surface area contributed by atoms with Gasteiger partial charge in [-0.15, -0.1) is 0 Å². The van der Waals surface area contributed by atoms with Gasteiger partial charge in [0.15, 0.2) is 0 Å². The first-order valence-electron chi connectivity index (χ1n) is 8.65. The van der Waals surface area contributed by atoms with E-state index in [0.29, 0.717) is 6.04 Å². The lowest BCUT2D eigenvalue weighted by Gasteiger charge is -2.41. The molecule has 1 saturated carbocycles. The van der Waals surface area contributed by atoms with E-state index in [9.17, 15) is 0 Å². The topological polar surface area (TPSA) is 21.3 Å². The van der Waals surface area contributed by atoms with Gasteiger partial charge in [-0.3, -0.25) is 0 Å². The van der Waals surface area contributed by atoms with E-state index in [1.807, 2.05) is 0 Å². The summed E-state index contributed by atoms with van der Waals surface area (Å²) in [5, 5.41) is 3.72. The lowest BCUT2D eigenvalue weighted by atomic mass is 9.83. The van der Waals surface area contributed by atoms with Crippen LogP contribution in [0.25, 0.3) is 0 Å².